The third-order valence-corrected chi connectivity index (χ3v) is 10.4. The normalized spacial score (nSPS) is 12.9. The van der Waals surface area contributed by atoms with Gasteiger partial charge in [0.1, 0.15) is 6.10 Å². The van der Waals surface area contributed by atoms with Crippen molar-refractivity contribution in [2.24, 2.45) is 0 Å². The van der Waals surface area contributed by atoms with Crippen LogP contribution in [0.2, 0.25) is 0 Å². The zero-order chi connectivity index (χ0) is 39.8. The molecule has 55 heavy (non-hydrogen) atoms. The first-order valence-corrected chi connectivity index (χ1v) is 23.9. The number of allylic oxidation sites excluding steroid dienone is 10. The van der Waals surface area contributed by atoms with Crippen molar-refractivity contribution in [3.05, 3.63) is 60.8 Å². The van der Waals surface area contributed by atoms with Crippen LogP contribution in [0, 0.1) is 0 Å². The molecule has 0 aliphatic heterocycles. The third-order valence-electron chi connectivity index (χ3n) is 10.4. The Kier molecular flexibility index (Phi) is 46.6. The molecule has 0 aromatic heterocycles. The highest BCUT2D eigenvalue weighted by atomic mass is 16.6. The molecule has 0 aliphatic carbocycles. The van der Waals surface area contributed by atoms with Crippen molar-refractivity contribution in [3.8, 4) is 0 Å². The van der Waals surface area contributed by atoms with E-state index >= 15 is 0 Å². The zero-order valence-corrected chi connectivity index (χ0v) is 36.7. The molecular formula is C51H92O4. The summed E-state index contributed by atoms with van der Waals surface area (Å²) >= 11 is 0. The lowest BCUT2D eigenvalue weighted by Gasteiger charge is -2.15. The molecule has 0 bridgehead atoms. The van der Waals surface area contributed by atoms with Crippen molar-refractivity contribution in [1.29, 1.82) is 0 Å². The van der Waals surface area contributed by atoms with Gasteiger partial charge < -0.3 is 14.6 Å². The molecule has 4 heteroatoms. The van der Waals surface area contributed by atoms with E-state index in [1.807, 2.05) is 0 Å². The minimum Gasteiger partial charge on any atom is -0.457 e. The number of carbonyl (C=O) groups excluding carboxylic acids is 1. The van der Waals surface area contributed by atoms with E-state index in [-0.39, 0.29) is 19.2 Å². The van der Waals surface area contributed by atoms with E-state index in [1.54, 1.807) is 0 Å². The summed E-state index contributed by atoms with van der Waals surface area (Å²) in [4.78, 5) is 12.2. The van der Waals surface area contributed by atoms with E-state index in [9.17, 15) is 9.90 Å². The van der Waals surface area contributed by atoms with Crippen LogP contribution in [0.5, 0.6) is 0 Å². The van der Waals surface area contributed by atoms with Gasteiger partial charge in [0, 0.05) is 13.0 Å². The number of unbranched alkanes of at least 4 members (excludes halogenated alkanes) is 26. The summed E-state index contributed by atoms with van der Waals surface area (Å²) < 4.78 is 11.1. The summed E-state index contributed by atoms with van der Waals surface area (Å²) in [5, 5.41) is 9.61. The number of aliphatic hydroxyl groups is 1. The molecule has 1 atom stereocenters. The molecule has 0 rings (SSSR count). The maximum atomic E-state index is 12.2. The van der Waals surface area contributed by atoms with E-state index < -0.39 is 6.10 Å². The predicted molar refractivity (Wildman–Crippen MR) is 242 cm³/mol. The van der Waals surface area contributed by atoms with E-state index in [2.05, 4.69) is 74.6 Å². The number of hydrogen-bond donors (Lipinski definition) is 1. The fourth-order valence-electron chi connectivity index (χ4n) is 6.84. The van der Waals surface area contributed by atoms with Gasteiger partial charge in [-0.05, 0) is 51.4 Å². The molecule has 0 radical (unpaired) electrons. The van der Waals surface area contributed by atoms with Crippen LogP contribution in [0.1, 0.15) is 232 Å². The monoisotopic (exact) mass is 769 g/mol. The van der Waals surface area contributed by atoms with Gasteiger partial charge in [-0.15, -0.1) is 0 Å². The molecule has 0 saturated heterocycles. The van der Waals surface area contributed by atoms with Crippen LogP contribution in [-0.4, -0.2) is 37.0 Å². The standard InChI is InChI=1S/C51H92O4/c1-3-5-7-9-11-13-15-17-19-21-22-23-24-25-26-27-28-29-31-33-35-37-39-41-43-45-47-54-49-50(48-52)55-51(53)46-44-42-40-38-36-34-32-30-20-18-16-14-12-10-8-6-4-2/h6,8,12,14,18,20,32,34,38,40,50,52H,3-5,7,9-11,13,15-17,19,21-31,33,35-37,39,41-49H2,1-2H3/b8-6-,14-12-,20-18-,34-32-,40-38-. The quantitative estimate of drug-likeness (QED) is 0.0381. The van der Waals surface area contributed by atoms with Crippen molar-refractivity contribution in [3.63, 3.8) is 0 Å². The van der Waals surface area contributed by atoms with E-state index in [0.29, 0.717) is 13.0 Å². The fourth-order valence-corrected chi connectivity index (χ4v) is 6.84. The Bertz CT molecular complexity index is 900. The van der Waals surface area contributed by atoms with E-state index in [0.717, 1.165) is 51.4 Å². The number of ether oxygens (including phenoxy) is 2. The largest absolute Gasteiger partial charge is 0.457 e. The highest BCUT2D eigenvalue weighted by molar-refractivity contribution is 5.69. The first kappa shape index (κ1) is 53.1. The Morgan fingerprint density at radius 1 is 0.455 bits per heavy atom. The van der Waals surface area contributed by atoms with Crippen LogP contribution in [0.15, 0.2) is 60.8 Å². The lowest BCUT2D eigenvalue weighted by atomic mass is 10.0. The van der Waals surface area contributed by atoms with Crippen LogP contribution < -0.4 is 0 Å². The van der Waals surface area contributed by atoms with Crippen molar-refractivity contribution < 1.29 is 19.4 Å². The molecule has 0 saturated carbocycles. The Hall–Kier alpha value is -1.91. The maximum Gasteiger partial charge on any atom is 0.306 e. The lowest BCUT2D eigenvalue weighted by Crippen LogP contribution is -2.27. The molecule has 0 spiro atoms. The third kappa shape index (κ3) is 46.4. The molecule has 0 aromatic rings. The number of aliphatic hydroxyl groups excluding tert-OH is 1. The predicted octanol–water partition coefficient (Wildman–Crippen LogP) is 16.0. The second-order valence-corrected chi connectivity index (χ2v) is 15.8. The minimum atomic E-state index is -0.565. The number of esters is 1. The SMILES string of the molecule is CC/C=C\C/C=C\C/C=C\C/C=C\C/C=C\CCCC(=O)OC(CO)COCCCCCCCCCCCCCCCCCCCCCCCCCCCC. The summed E-state index contributed by atoms with van der Waals surface area (Å²) in [6, 6.07) is 0. The molecule has 0 aliphatic rings. The van der Waals surface area contributed by atoms with Crippen LogP contribution >= 0.6 is 0 Å². The fraction of sp³-hybridized carbons (Fsp3) is 0.784. The summed E-state index contributed by atoms with van der Waals surface area (Å²) in [7, 11) is 0. The zero-order valence-electron chi connectivity index (χ0n) is 36.7. The van der Waals surface area contributed by atoms with Crippen LogP contribution in [0.4, 0.5) is 0 Å². The Morgan fingerprint density at radius 3 is 1.16 bits per heavy atom. The van der Waals surface area contributed by atoms with Gasteiger partial charge in [0.15, 0.2) is 0 Å². The first-order chi connectivity index (χ1) is 27.2. The van der Waals surface area contributed by atoms with Gasteiger partial charge in [0.2, 0.25) is 0 Å². The van der Waals surface area contributed by atoms with Gasteiger partial charge >= 0.3 is 5.97 Å². The van der Waals surface area contributed by atoms with Crippen molar-refractivity contribution in [2.75, 3.05) is 19.8 Å². The first-order valence-electron chi connectivity index (χ1n) is 23.9. The molecule has 0 aromatic carbocycles. The topological polar surface area (TPSA) is 55.8 Å². The Balaban J connectivity index is 3.43. The highest BCUT2D eigenvalue weighted by Gasteiger charge is 2.13. The van der Waals surface area contributed by atoms with E-state index in [1.165, 1.54) is 161 Å². The Labute approximate surface area is 343 Å². The summed E-state index contributed by atoms with van der Waals surface area (Å²) in [6.45, 7) is 5.20. The summed E-state index contributed by atoms with van der Waals surface area (Å²) in [5.74, 6) is -0.254. The second-order valence-electron chi connectivity index (χ2n) is 15.8. The van der Waals surface area contributed by atoms with Gasteiger partial charge in [-0.2, -0.15) is 0 Å². The molecule has 4 nitrogen and oxygen atoms in total. The van der Waals surface area contributed by atoms with Crippen LogP contribution in [0.3, 0.4) is 0 Å². The molecule has 1 N–H and O–H groups in total. The molecule has 1 unspecified atom stereocenters. The van der Waals surface area contributed by atoms with Crippen LogP contribution in [-0.2, 0) is 14.3 Å². The van der Waals surface area contributed by atoms with Crippen molar-refractivity contribution >= 4 is 5.97 Å². The van der Waals surface area contributed by atoms with Gasteiger partial charge in [-0.3, -0.25) is 4.79 Å². The number of carbonyl (C=O) groups is 1. The average molecular weight is 769 g/mol. The van der Waals surface area contributed by atoms with Gasteiger partial charge in [0.05, 0.1) is 13.2 Å². The molecule has 0 heterocycles. The maximum absolute atomic E-state index is 12.2. The molecular weight excluding hydrogens is 677 g/mol. The highest BCUT2D eigenvalue weighted by Crippen LogP contribution is 2.16. The Morgan fingerprint density at radius 2 is 0.800 bits per heavy atom. The molecule has 0 fully saturated rings. The summed E-state index contributed by atoms with van der Waals surface area (Å²) in [6.07, 6.45) is 64.6. The number of rotatable bonds is 44. The second kappa shape index (κ2) is 48.2. The number of hydrogen-bond acceptors (Lipinski definition) is 4. The van der Waals surface area contributed by atoms with Crippen molar-refractivity contribution in [2.45, 2.75) is 238 Å². The average Bonchev–Trinajstić information content (AvgIpc) is 3.19. The van der Waals surface area contributed by atoms with Crippen LogP contribution in [0.25, 0.3) is 0 Å². The minimum absolute atomic E-state index is 0.194. The van der Waals surface area contributed by atoms with Gasteiger partial charge in [-0.25, -0.2) is 0 Å². The summed E-state index contributed by atoms with van der Waals surface area (Å²) in [5.41, 5.74) is 0. The van der Waals surface area contributed by atoms with Gasteiger partial charge in [-0.1, -0.05) is 235 Å². The van der Waals surface area contributed by atoms with Gasteiger partial charge in [0.25, 0.3) is 0 Å². The molecule has 320 valence electrons. The molecule has 0 amide bonds. The lowest BCUT2D eigenvalue weighted by molar-refractivity contribution is -0.154. The van der Waals surface area contributed by atoms with Crippen molar-refractivity contribution in [1.82, 2.24) is 0 Å². The smallest absolute Gasteiger partial charge is 0.306 e. The van der Waals surface area contributed by atoms with E-state index in [4.69, 9.17) is 9.47 Å².